The van der Waals surface area contributed by atoms with E-state index >= 15 is 0 Å². The summed E-state index contributed by atoms with van der Waals surface area (Å²) in [5.41, 5.74) is 0.294. The van der Waals surface area contributed by atoms with Crippen LogP contribution >= 0.6 is 0 Å². The van der Waals surface area contributed by atoms with E-state index in [9.17, 15) is 14.7 Å². The Morgan fingerprint density at radius 2 is 2.08 bits per heavy atom. The van der Waals surface area contributed by atoms with Gasteiger partial charge in [-0.1, -0.05) is 18.2 Å². The lowest BCUT2D eigenvalue weighted by Gasteiger charge is -2.33. The number of ether oxygens (including phenoxy) is 2. The first-order valence-electron chi connectivity index (χ1n) is 8.69. The van der Waals surface area contributed by atoms with Crippen molar-refractivity contribution in [3.63, 3.8) is 0 Å². The van der Waals surface area contributed by atoms with Crippen molar-refractivity contribution in [2.45, 2.75) is 24.7 Å². The quantitative estimate of drug-likeness (QED) is 0.701. The Hall–Kier alpha value is -2.29. The predicted molar refractivity (Wildman–Crippen MR) is 92.4 cm³/mol. The van der Waals surface area contributed by atoms with Crippen LogP contribution in [0.2, 0.25) is 0 Å². The molecule has 1 saturated heterocycles. The summed E-state index contributed by atoms with van der Waals surface area (Å²) >= 11 is 0. The van der Waals surface area contributed by atoms with Crippen LogP contribution in [-0.2, 0) is 14.3 Å². The molecule has 3 rings (SSSR count). The van der Waals surface area contributed by atoms with Crippen molar-refractivity contribution in [1.82, 2.24) is 15.2 Å². The third-order valence-corrected chi connectivity index (χ3v) is 4.40. The predicted octanol–water partition coefficient (Wildman–Crippen LogP) is -0.255. The first-order chi connectivity index (χ1) is 12.7. The number of pyridine rings is 1. The highest BCUT2D eigenvalue weighted by Crippen LogP contribution is 2.17. The summed E-state index contributed by atoms with van der Waals surface area (Å²) in [5, 5.41) is 12.4. The molecular weight excluding hydrogens is 338 g/mol. The van der Waals surface area contributed by atoms with E-state index < -0.39 is 18.2 Å². The normalized spacial score (nSPS) is 25.7. The summed E-state index contributed by atoms with van der Waals surface area (Å²) in [5.74, 6) is -0.347. The first-order valence-corrected chi connectivity index (χ1v) is 8.69. The molecule has 0 radical (unpaired) electrons. The largest absolute Gasteiger partial charge is 0.394 e. The SMILES string of the molecule is O=C(N[C@@H]1C=C[C@@H](CC(=O)N2CCOCC2)O[C@H]1CO)c1ccccn1. The van der Waals surface area contributed by atoms with E-state index in [0.717, 1.165) is 0 Å². The smallest absolute Gasteiger partial charge is 0.270 e. The van der Waals surface area contributed by atoms with Gasteiger partial charge >= 0.3 is 0 Å². The van der Waals surface area contributed by atoms with Crippen molar-refractivity contribution in [2.75, 3.05) is 32.9 Å². The molecule has 2 N–H and O–H groups in total. The Morgan fingerprint density at radius 1 is 1.27 bits per heavy atom. The van der Waals surface area contributed by atoms with Gasteiger partial charge < -0.3 is 24.8 Å². The van der Waals surface area contributed by atoms with Crippen LogP contribution < -0.4 is 5.32 Å². The minimum Gasteiger partial charge on any atom is -0.394 e. The zero-order valence-corrected chi connectivity index (χ0v) is 14.4. The third kappa shape index (κ3) is 4.66. The van der Waals surface area contributed by atoms with Crippen LogP contribution in [0.4, 0.5) is 0 Å². The second-order valence-electron chi connectivity index (χ2n) is 6.19. The highest BCUT2D eigenvalue weighted by Gasteiger charge is 2.30. The van der Waals surface area contributed by atoms with E-state index in [4.69, 9.17) is 9.47 Å². The number of carbonyl (C=O) groups excluding carboxylic acids is 2. The molecule has 140 valence electrons. The monoisotopic (exact) mass is 361 g/mol. The summed E-state index contributed by atoms with van der Waals surface area (Å²) in [7, 11) is 0. The number of nitrogens with one attached hydrogen (secondary N) is 1. The van der Waals surface area contributed by atoms with Gasteiger partial charge in [0, 0.05) is 19.3 Å². The van der Waals surface area contributed by atoms with Crippen LogP contribution in [0.25, 0.3) is 0 Å². The topological polar surface area (TPSA) is 101 Å². The average molecular weight is 361 g/mol. The molecule has 1 fully saturated rings. The van der Waals surface area contributed by atoms with Crippen LogP contribution in [0.5, 0.6) is 0 Å². The number of nitrogens with zero attached hydrogens (tertiary/aromatic N) is 2. The van der Waals surface area contributed by atoms with Crippen LogP contribution in [-0.4, -0.2) is 78.0 Å². The Kier molecular flexibility index (Phi) is 6.32. The molecule has 8 nitrogen and oxygen atoms in total. The number of amides is 2. The highest BCUT2D eigenvalue weighted by molar-refractivity contribution is 5.92. The second-order valence-corrected chi connectivity index (χ2v) is 6.19. The summed E-state index contributed by atoms with van der Waals surface area (Å²) in [4.78, 5) is 30.3. The van der Waals surface area contributed by atoms with E-state index in [2.05, 4.69) is 10.3 Å². The van der Waals surface area contributed by atoms with Gasteiger partial charge in [-0.2, -0.15) is 0 Å². The summed E-state index contributed by atoms with van der Waals surface area (Å²) < 4.78 is 11.0. The van der Waals surface area contributed by atoms with E-state index in [1.165, 1.54) is 0 Å². The highest BCUT2D eigenvalue weighted by atomic mass is 16.5. The Bertz CT molecular complexity index is 645. The molecule has 1 aromatic heterocycles. The molecule has 3 heterocycles. The molecule has 0 spiro atoms. The fourth-order valence-electron chi connectivity index (χ4n) is 2.97. The lowest BCUT2D eigenvalue weighted by atomic mass is 10.0. The average Bonchev–Trinajstić information content (AvgIpc) is 2.70. The van der Waals surface area contributed by atoms with Crippen molar-refractivity contribution >= 4 is 11.8 Å². The van der Waals surface area contributed by atoms with Crippen LogP contribution in [0.15, 0.2) is 36.5 Å². The van der Waals surface area contributed by atoms with Gasteiger partial charge in [0.05, 0.1) is 38.4 Å². The lowest BCUT2D eigenvalue weighted by molar-refractivity contribution is -0.139. The van der Waals surface area contributed by atoms with E-state index in [1.807, 2.05) is 0 Å². The number of hydrogen-bond acceptors (Lipinski definition) is 6. The summed E-state index contributed by atoms with van der Waals surface area (Å²) in [6.07, 6.45) is 4.23. The maximum atomic E-state index is 12.3. The molecule has 3 atom stereocenters. The molecule has 0 bridgehead atoms. The van der Waals surface area contributed by atoms with Gasteiger partial charge in [0.2, 0.25) is 5.91 Å². The zero-order chi connectivity index (χ0) is 18.4. The minimum absolute atomic E-state index is 0.00406. The van der Waals surface area contributed by atoms with Crippen molar-refractivity contribution in [3.05, 3.63) is 42.2 Å². The standard InChI is InChI=1S/C18H23N3O5/c22-12-16-14(20-18(24)15-3-1-2-6-19-15)5-4-13(26-16)11-17(23)21-7-9-25-10-8-21/h1-6,13-14,16,22H,7-12H2,(H,20,24)/t13-,14+,16-/m0/s1. The minimum atomic E-state index is -0.616. The molecule has 0 unspecified atom stereocenters. The molecule has 1 aromatic rings. The first kappa shape index (κ1) is 18.5. The molecule has 0 saturated carbocycles. The second kappa shape index (κ2) is 8.88. The van der Waals surface area contributed by atoms with Gasteiger partial charge in [0.25, 0.3) is 5.91 Å². The van der Waals surface area contributed by atoms with Gasteiger partial charge in [0.15, 0.2) is 0 Å². The maximum absolute atomic E-state index is 12.3. The number of aromatic nitrogens is 1. The van der Waals surface area contributed by atoms with Crippen LogP contribution in [0, 0.1) is 0 Å². The number of aliphatic hydroxyl groups excluding tert-OH is 1. The Labute approximate surface area is 151 Å². The lowest BCUT2D eigenvalue weighted by Crippen LogP contribution is -2.49. The number of rotatable bonds is 5. The van der Waals surface area contributed by atoms with Crippen molar-refractivity contribution in [1.29, 1.82) is 0 Å². The van der Waals surface area contributed by atoms with Gasteiger partial charge in [-0.25, -0.2) is 0 Å². The number of hydrogen-bond donors (Lipinski definition) is 2. The van der Waals surface area contributed by atoms with Gasteiger partial charge in [-0.3, -0.25) is 14.6 Å². The molecule has 26 heavy (non-hydrogen) atoms. The van der Waals surface area contributed by atoms with Gasteiger partial charge in [0.1, 0.15) is 11.8 Å². The molecule has 0 aliphatic carbocycles. The molecule has 2 aliphatic heterocycles. The molecule has 2 amide bonds. The molecule has 0 aromatic carbocycles. The fourth-order valence-corrected chi connectivity index (χ4v) is 2.97. The summed E-state index contributed by atoms with van der Waals surface area (Å²) in [6.45, 7) is 2.00. The Morgan fingerprint density at radius 3 is 2.77 bits per heavy atom. The number of carbonyl (C=O) groups is 2. The van der Waals surface area contributed by atoms with Crippen molar-refractivity contribution < 1.29 is 24.2 Å². The maximum Gasteiger partial charge on any atom is 0.270 e. The summed E-state index contributed by atoms with van der Waals surface area (Å²) in [6, 6.07) is 4.59. The third-order valence-electron chi connectivity index (χ3n) is 4.40. The Balaban J connectivity index is 1.57. The van der Waals surface area contributed by atoms with Crippen LogP contribution in [0.3, 0.4) is 0 Å². The molecule has 2 aliphatic rings. The van der Waals surface area contributed by atoms with E-state index in [-0.39, 0.29) is 24.8 Å². The number of aliphatic hydroxyl groups is 1. The van der Waals surface area contributed by atoms with Gasteiger partial charge in [-0.15, -0.1) is 0 Å². The van der Waals surface area contributed by atoms with Crippen molar-refractivity contribution in [3.8, 4) is 0 Å². The van der Waals surface area contributed by atoms with E-state index in [0.29, 0.717) is 32.0 Å². The van der Waals surface area contributed by atoms with Crippen molar-refractivity contribution in [2.24, 2.45) is 0 Å². The van der Waals surface area contributed by atoms with Gasteiger partial charge in [-0.05, 0) is 12.1 Å². The molecule has 8 heteroatoms. The molecular formula is C18H23N3O5. The number of morpholine rings is 1. The fraction of sp³-hybridized carbons (Fsp3) is 0.500. The van der Waals surface area contributed by atoms with E-state index in [1.54, 1.807) is 41.4 Å². The van der Waals surface area contributed by atoms with Crippen LogP contribution in [0.1, 0.15) is 16.9 Å². The zero-order valence-electron chi connectivity index (χ0n) is 14.4.